The van der Waals surface area contributed by atoms with Crippen LogP contribution in [0.25, 0.3) is 0 Å². The van der Waals surface area contributed by atoms with Crippen LogP contribution in [0.5, 0.6) is 0 Å². The molecule has 0 aliphatic rings. The summed E-state index contributed by atoms with van der Waals surface area (Å²) in [7, 11) is 0. The third-order valence-corrected chi connectivity index (χ3v) is 3.18. The molecule has 0 unspecified atom stereocenters. The summed E-state index contributed by atoms with van der Waals surface area (Å²) in [5, 5.41) is 24.9. The Balaban J connectivity index is 2.39. The Morgan fingerprint density at radius 1 is 1.53 bits per heavy atom. The molecular weight excluding hydrogens is 270 g/mol. The van der Waals surface area contributed by atoms with Crippen molar-refractivity contribution in [2.45, 2.75) is 6.92 Å². The fourth-order valence-corrected chi connectivity index (χ4v) is 2.15. The molecule has 98 valence electrons. The van der Waals surface area contributed by atoms with Gasteiger partial charge in [-0.25, -0.2) is 9.78 Å². The van der Waals surface area contributed by atoms with Crippen LogP contribution in [-0.2, 0) is 0 Å². The van der Waals surface area contributed by atoms with Crippen LogP contribution >= 0.6 is 11.3 Å². The van der Waals surface area contributed by atoms with Gasteiger partial charge in [0.1, 0.15) is 5.69 Å². The van der Waals surface area contributed by atoms with E-state index in [9.17, 15) is 14.9 Å². The second kappa shape index (κ2) is 5.02. The number of aryl methyl sites for hydroxylation is 1. The summed E-state index contributed by atoms with van der Waals surface area (Å²) in [5.41, 5.74) is 0.585. The average molecular weight is 279 g/mol. The van der Waals surface area contributed by atoms with E-state index in [2.05, 4.69) is 10.3 Å². The van der Waals surface area contributed by atoms with E-state index in [0.717, 1.165) is 11.8 Å². The first-order chi connectivity index (χ1) is 8.97. The number of anilines is 2. The molecule has 7 nitrogen and oxygen atoms in total. The van der Waals surface area contributed by atoms with E-state index in [1.807, 2.05) is 6.92 Å². The van der Waals surface area contributed by atoms with Crippen molar-refractivity contribution in [3.05, 3.63) is 45.0 Å². The number of carboxylic acids is 1. The summed E-state index contributed by atoms with van der Waals surface area (Å²) >= 11 is 1.31. The number of benzene rings is 1. The Kier molecular flexibility index (Phi) is 3.43. The minimum absolute atomic E-state index is 0.132. The quantitative estimate of drug-likeness (QED) is 0.658. The maximum Gasteiger partial charge on any atom is 0.335 e. The highest BCUT2D eigenvalue weighted by Crippen LogP contribution is 2.29. The highest BCUT2D eigenvalue weighted by atomic mass is 32.1. The van der Waals surface area contributed by atoms with Crippen LogP contribution in [0.1, 0.15) is 16.1 Å². The molecule has 0 saturated heterocycles. The molecule has 8 heteroatoms. The van der Waals surface area contributed by atoms with Gasteiger partial charge in [-0.1, -0.05) is 0 Å². The summed E-state index contributed by atoms with van der Waals surface area (Å²) in [6.07, 6.45) is 0. The molecule has 0 aliphatic heterocycles. The fraction of sp³-hybridized carbons (Fsp3) is 0.0909. The molecule has 0 amide bonds. The first-order valence-corrected chi connectivity index (χ1v) is 6.06. The summed E-state index contributed by atoms with van der Waals surface area (Å²) in [6, 6.07) is 3.68. The molecule has 0 bridgehead atoms. The van der Waals surface area contributed by atoms with Gasteiger partial charge in [0.2, 0.25) is 0 Å². The number of aromatic nitrogens is 1. The average Bonchev–Trinajstić information content (AvgIpc) is 2.74. The SMILES string of the molecule is Cc1csc(Nc2ccc(C(=O)O)cc2[N+](=O)[O-])n1. The Hall–Kier alpha value is -2.48. The lowest BCUT2D eigenvalue weighted by Crippen LogP contribution is -2.01. The van der Waals surface area contributed by atoms with E-state index in [1.54, 1.807) is 5.38 Å². The van der Waals surface area contributed by atoms with Crippen LogP contribution in [0.15, 0.2) is 23.6 Å². The van der Waals surface area contributed by atoms with Gasteiger partial charge in [-0.15, -0.1) is 11.3 Å². The summed E-state index contributed by atoms with van der Waals surface area (Å²) in [6.45, 7) is 1.81. The van der Waals surface area contributed by atoms with Gasteiger partial charge >= 0.3 is 5.97 Å². The number of aromatic carboxylic acids is 1. The highest BCUT2D eigenvalue weighted by molar-refractivity contribution is 7.13. The molecule has 0 aliphatic carbocycles. The molecule has 1 heterocycles. The predicted molar refractivity (Wildman–Crippen MR) is 70.2 cm³/mol. The molecule has 0 spiro atoms. The van der Waals surface area contributed by atoms with Crippen LogP contribution in [0.3, 0.4) is 0 Å². The van der Waals surface area contributed by atoms with E-state index in [4.69, 9.17) is 5.11 Å². The number of carboxylic acid groups (broad SMARTS) is 1. The van der Waals surface area contributed by atoms with Crippen molar-refractivity contribution >= 4 is 33.8 Å². The number of nitrogens with zero attached hydrogens (tertiary/aromatic N) is 2. The number of thiazole rings is 1. The van der Waals surface area contributed by atoms with E-state index in [0.29, 0.717) is 5.13 Å². The van der Waals surface area contributed by atoms with Gasteiger partial charge in [-0.3, -0.25) is 10.1 Å². The van der Waals surface area contributed by atoms with Gasteiger partial charge in [0, 0.05) is 11.4 Å². The second-order valence-corrected chi connectivity index (χ2v) is 4.57. The molecule has 1 aromatic carbocycles. The van der Waals surface area contributed by atoms with E-state index in [1.165, 1.54) is 23.5 Å². The van der Waals surface area contributed by atoms with Gasteiger partial charge in [0.25, 0.3) is 5.69 Å². The van der Waals surface area contributed by atoms with E-state index in [-0.39, 0.29) is 16.9 Å². The Morgan fingerprint density at radius 3 is 2.79 bits per heavy atom. The zero-order valence-corrected chi connectivity index (χ0v) is 10.6. The summed E-state index contributed by atoms with van der Waals surface area (Å²) in [5.74, 6) is -1.21. The molecular formula is C11H9N3O4S. The van der Waals surface area contributed by atoms with Crippen LogP contribution in [-0.4, -0.2) is 21.0 Å². The Morgan fingerprint density at radius 2 is 2.26 bits per heavy atom. The number of hydrogen-bond donors (Lipinski definition) is 2. The largest absolute Gasteiger partial charge is 0.478 e. The first-order valence-electron chi connectivity index (χ1n) is 5.18. The number of rotatable bonds is 4. The molecule has 0 saturated carbocycles. The highest BCUT2D eigenvalue weighted by Gasteiger charge is 2.18. The summed E-state index contributed by atoms with van der Waals surface area (Å²) in [4.78, 5) is 25.2. The lowest BCUT2D eigenvalue weighted by Gasteiger charge is -2.04. The topological polar surface area (TPSA) is 105 Å². The smallest absolute Gasteiger partial charge is 0.335 e. The van der Waals surface area contributed by atoms with Gasteiger partial charge in [0.05, 0.1) is 16.2 Å². The van der Waals surface area contributed by atoms with E-state index < -0.39 is 10.9 Å². The zero-order valence-electron chi connectivity index (χ0n) is 9.78. The predicted octanol–water partition coefficient (Wildman–Crippen LogP) is 2.80. The lowest BCUT2D eigenvalue weighted by molar-refractivity contribution is -0.383. The van der Waals surface area contributed by atoms with Crippen molar-refractivity contribution < 1.29 is 14.8 Å². The normalized spacial score (nSPS) is 10.2. The standard InChI is InChI=1S/C11H9N3O4S/c1-6-5-19-11(12-6)13-8-3-2-7(10(15)16)4-9(8)14(17)18/h2-5H,1H3,(H,12,13)(H,15,16). The monoisotopic (exact) mass is 279 g/mol. The number of carbonyl (C=O) groups is 1. The van der Waals surface area contributed by atoms with Gasteiger partial charge < -0.3 is 10.4 Å². The van der Waals surface area contributed by atoms with Crippen molar-refractivity contribution in [3.8, 4) is 0 Å². The van der Waals surface area contributed by atoms with Crippen LogP contribution in [0, 0.1) is 17.0 Å². The Bertz CT molecular complexity index is 653. The Labute approximate surface area is 111 Å². The van der Waals surface area contributed by atoms with Crippen molar-refractivity contribution in [3.63, 3.8) is 0 Å². The first kappa shape index (κ1) is 13.0. The number of nitrogens with one attached hydrogen (secondary N) is 1. The van der Waals surface area contributed by atoms with Crippen molar-refractivity contribution in [1.82, 2.24) is 4.98 Å². The van der Waals surface area contributed by atoms with Gasteiger partial charge in [0.15, 0.2) is 5.13 Å². The molecule has 0 fully saturated rings. The maximum absolute atomic E-state index is 10.9. The fourth-order valence-electron chi connectivity index (χ4n) is 1.45. The zero-order chi connectivity index (χ0) is 14.0. The second-order valence-electron chi connectivity index (χ2n) is 3.71. The van der Waals surface area contributed by atoms with E-state index >= 15 is 0 Å². The molecule has 0 atom stereocenters. The van der Waals surface area contributed by atoms with Gasteiger partial charge in [-0.05, 0) is 19.1 Å². The third-order valence-electron chi connectivity index (χ3n) is 2.30. The van der Waals surface area contributed by atoms with Crippen molar-refractivity contribution in [2.75, 3.05) is 5.32 Å². The minimum Gasteiger partial charge on any atom is -0.478 e. The molecule has 2 N–H and O–H groups in total. The van der Waals surface area contributed by atoms with Crippen LogP contribution in [0.2, 0.25) is 0 Å². The number of hydrogen-bond acceptors (Lipinski definition) is 6. The molecule has 0 radical (unpaired) electrons. The number of nitro groups is 1. The van der Waals surface area contributed by atoms with Gasteiger partial charge in [-0.2, -0.15) is 0 Å². The molecule has 2 aromatic rings. The molecule has 2 rings (SSSR count). The minimum atomic E-state index is -1.21. The van der Waals surface area contributed by atoms with Crippen molar-refractivity contribution in [1.29, 1.82) is 0 Å². The summed E-state index contributed by atoms with van der Waals surface area (Å²) < 4.78 is 0. The van der Waals surface area contributed by atoms with Crippen LogP contribution in [0.4, 0.5) is 16.5 Å². The van der Waals surface area contributed by atoms with Crippen LogP contribution < -0.4 is 5.32 Å². The van der Waals surface area contributed by atoms with Crippen molar-refractivity contribution in [2.24, 2.45) is 0 Å². The molecule has 19 heavy (non-hydrogen) atoms. The maximum atomic E-state index is 10.9. The lowest BCUT2D eigenvalue weighted by atomic mass is 10.2. The number of nitro benzene ring substituents is 1. The third kappa shape index (κ3) is 2.86. The molecule has 1 aromatic heterocycles.